The largest absolute Gasteiger partial charge is 0.369 e. The van der Waals surface area contributed by atoms with E-state index in [-0.39, 0.29) is 48.0 Å². The molecule has 0 radical (unpaired) electrons. The normalized spacial score (nSPS) is 38.1. The Balaban J connectivity index is 1.34. The summed E-state index contributed by atoms with van der Waals surface area (Å²) in [6, 6.07) is 5.27. The van der Waals surface area contributed by atoms with Crippen LogP contribution in [0, 0.1) is 17.8 Å². The van der Waals surface area contributed by atoms with Gasteiger partial charge in [-0.1, -0.05) is 25.3 Å². The molecule has 0 N–H and O–H groups in total. The van der Waals surface area contributed by atoms with E-state index in [2.05, 4.69) is 9.88 Å². The predicted molar refractivity (Wildman–Crippen MR) is 142 cm³/mol. The van der Waals surface area contributed by atoms with Gasteiger partial charge in [-0.3, -0.25) is 14.6 Å². The number of carbonyl (C=O) groups excluding carboxylic acids is 2. The van der Waals surface area contributed by atoms with Gasteiger partial charge in [-0.25, -0.2) is 4.39 Å². The summed E-state index contributed by atoms with van der Waals surface area (Å²) < 4.78 is 22.5. The summed E-state index contributed by atoms with van der Waals surface area (Å²) >= 11 is 0. The zero-order valence-corrected chi connectivity index (χ0v) is 22.8. The molecule has 4 fully saturated rings. The average Bonchev–Trinajstić information content (AvgIpc) is 2.92. The van der Waals surface area contributed by atoms with E-state index in [1.165, 1.54) is 19.3 Å². The molecule has 9 atom stereocenters. The number of fused-ring (bicyclic) bond motifs is 4. The monoisotopic (exact) mass is 524 g/mol. The number of rotatable bonds is 5. The number of ketones is 1. The smallest absolute Gasteiger partial charge is 0.258 e. The minimum absolute atomic E-state index is 0.00619. The zero-order valence-electron chi connectivity index (χ0n) is 22.8. The van der Waals surface area contributed by atoms with Crippen molar-refractivity contribution in [2.45, 2.75) is 87.9 Å². The van der Waals surface area contributed by atoms with Crippen molar-refractivity contribution < 1.29 is 18.7 Å². The highest BCUT2D eigenvalue weighted by molar-refractivity contribution is 6.20. The lowest BCUT2D eigenvalue weighted by Crippen LogP contribution is -2.74. The first kappa shape index (κ1) is 25.9. The molecule has 1 amide bonds. The molecule has 6 rings (SSSR count). The number of pyridine rings is 1. The summed E-state index contributed by atoms with van der Waals surface area (Å²) in [4.78, 5) is 37.9. The molecule has 38 heavy (non-hydrogen) atoms. The second kappa shape index (κ2) is 10.3. The summed E-state index contributed by atoms with van der Waals surface area (Å²) in [6.07, 6.45) is 9.81. The summed E-state index contributed by atoms with van der Waals surface area (Å²) in [5, 5.41) is 0. The van der Waals surface area contributed by atoms with Crippen LogP contribution in [0.5, 0.6) is 0 Å². The number of hydrogen-bond acceptors (Lipinski definition) is 6. The number of carbonyl (C=O) groups is 2. The minimum Gasteiger partial charge on any atom is -0.369 e. The van der Waals surface area contributed by atoms with Crippen molar-refractivity contribution in [3.05, 3.63) is 41.9 Å². The number of halogens is 1. The Bertz CT molecular complexity index is 1080. The molecule has 3 heterocycles. The van der Waals surface area contributed by atoms with Crippen LogP contribution < -0.4 is 0 Å². The van der Waals surface area contributed by atoms with Gasteiger partial charge in [-0.05, 0) is 63.7 Å². The summed E-state index contributed by atoms with van der Waals surface area (Å²) in [7, 11) is 5.55. The molecule has 5 aliphatic rings. The molecule has 8 heteroatoms. The van der Waals surface area contributed by atoms with Gasteiger partial charge in [0.2, 0.25) is 0 Å². The standard InChI is InChI=1S/C30H41FN4O3/c1-33(2)27-23(31)16-21-26-29(27)38-24-12-11-18-8-4-5-10-20(18)25(24)35(26)17-22(28(21)36)30(37)34(3)15-13-19-9-6-7-14-32-19/h6-7,9,14,17-18,20-21,23-27,29H,4-5,8,10-13,15-16H2,1-3H3. The number of likely N-dealkylation sites (N-methyl/N-ethyl adjacent to an activating group) is 2. The van der Waals surface area contributed by atoms with Gasteiger partial charge in [-0.15, -0.1) is 0 Å². The van der Waals surface area contributed by atoms with Gasteiger partial charge in [0.25, 0.3) is 5.91 Å². The van der Waals surface area contributed by atoms with E-state index in [4.69, 9.17) is 4.74 Å². The van der Waals surface area contributed by atoms with Crippen LogP contribution in [-0.4, -0.2) is 95.6 Å². The van der Waals surface area contributed by atoms with Crippen molar-refractivity contribution in [2.24, 2.45) is 17.8 Å². The number of ether oxygens (including phenoxy) is 1. The maximum atomic E-state index is 15.7. The van der Waals surface area contributed by atoms with Crippen LogP contribution in [0.25, 0.3) is 0 Å². The van der Waals surface area contributed by atoms with Crippen LogP contribution in [0.3, 0.4) is 0 Å². The number of alkyl halides is 1. The van der Waals surface area contributed by atoms with Gasteiger partial charge in [0, 0.05) is 44.0 Å². The minimum atomic E-state index is -1.18. The molecule has 7 nitrogen and oxygen atoms in total. The molecule has 1 aromatic rings. The number of nitrogens with zero attached hydrogens (tertiary/aromatic N) is 4. The summed E-state index contributed by atoms with van der Waals surface area (Å²) in [5.74, 6) is 0.0999. The molecule has 9 unspecified atom stereocenters. The first-order valence-electron chi connectivity index (χ1n) is 14.5. The average molecular weight is 525 g/mol. The molecule has 0 spiro atoms. The van der Waals surface area contributed by atoms with E-state index in [1.54, 1.807) is 18.1 Å². The lowest BCUT2D eigenvalue weighted by atomic mass is 9.63. The molecular formula is C30H41FN4O3. The molecule has 0 bridgehead atoms. The van der Waals surface area contributed by atoms with Crippen LogP contribution in [0.4, 0.5) is 4.39 Å². The first-order valence-corrected chi connectivity index (χ1v) is 14.5. The van der Waals surface area contributed by atoms with Gasteiger partial charge in [0.15, 0.2) is 5.78 Å². The Hall–Kier alpha value is -2.32. The SMILES string of the molecule is CN(CCc1ccccn1)C(=O)C1=CN2C3C(CCC4CCCCC43)OC3C(N(C)C)C(F)CC(C1=O)C32. The van der Waals surface area contributed by atoms with Gasteiger partial charge >= 0.3 is 0 Å². The number of hydrogen-bond donors (Lipinski definition) is 0. The number of amides is 1. The van der Waals surface area contributed by atoms with Crippen LogP contribution in [0.1, 0.15) is 50.6 Å². The van der Waals surface area contributed by atoms with E-state index in [0.717, 1.165) is 25.0 Å². The van der Waals surface area contributed by atoms with E-state index in [1.807, 2.05) is 43.4 Å². The van der Waals surface area contributed by atoms with Gasteiger partial charge in [0.1, 0.15) is 6.17 Å². The van der Waals surface area contributed by atoms with Crippen molar-refractivity contribution in [3.63, 3.8) is 0 Å². The molecule has 2 aliphatic heterocycles. The second-order valence-electron chi connectivity index (χ2n) is 12.4. The Kier molecular flexibility index (Phi) is 7.06. The number of aromatic nitrogens is 1. The third-order valence-corrected chi connectivity index (χ3v) is 10.0. The van der Waals surface area contributed by atoms with Gasteiger partial charge in [-0.2, -0.15) is 0 Å². The quantitative estimate of drug-likeness (QED) is 0.551. The lowest BCUT2D eigenvalue weighted by Gasteiger charge is -2.62. The Labute approximate surface area is 225 Å². The van der Waals surface area contributed by atoms with Crippen molar-refractivity contribution >= 4 is 11.7 Å². The molecule has 0 aromatic carbocycles. The number of morpholine rings is 1. The zero-order chi connectivity index (χ0) is 26.6. The highest BCUT2D eigenvalue weighted by Gasteiger charge is 2.61. The van der Waals surface area contributed by atoms with Crippen molar-refractivity contribution in [3.8, 4) is 0 Å². The number of Topliss-reactive ketones (excluding diaryl/α,β-unsaturated/α-hetero) is 1. The molecule has 1 aromatic heterocycles. The van der Waals surface area contributed by atoms with Crippen molar-refractivity contribution in [2.75, 3.05) is 27.7 Å². The molecular weight excluding hydrogens is 483 g/mol. The third kappa shape index (κ3) is 4.37. The topological polar surface area (TPSA) is 66.0 Å². The van der Waals surface area contributed by atoms with Crippen molar-refractivity contribution in [1.82, 2.24) is 19.7 Å². The van der Waals surface area contributed by atoms with Crippen LogP contribution in [-0.2, 0) is 20.7 Å². The van der Waals surface area contributed by atoms with Crippen LogP contribution in [0.2, 0.25) is 0 Å². The van der Waals surface area contributed by atoms with E-state index in [0.29, 0.717) is 24.8 Å². The third-order valence-electron chi connectivity index (χ3n) is 10.0. The Morgan fingerprint density at radius 3 is 2.71 bits per heavy atom. The fraction of sp³-hybridized carbons (Fsp3) is 0.700. The van der Waals surface area contributed by atoms with E-state index < -0.39 is 18.1 Å². The first-order chi connectivity index (χ1) is 18.3. The fourth-order valence-electron chi connectivity index (χ4n) is 8.29. The molecule has 3 aliphatic carbocycles. The molecule has 1 saturated heterocycles. The maximum absolute atomic E-state index is 15.7. The molecule has 206 valence electrons. The summed E-state index contributed by atoms with van der Waals surface area (Å²) in [6.45, 7) is 0.464. The maximum Gasteiger partial charge on any atom is 0.258 e. The fourth-order valence-corrected chi connectivity index (χ4v) is 8.29. The lowest BCUT2D eigenvalue weighted by molar-refractivity contribution is -0.224. The van der Waals surface area contributed by atoms with E-state index in [9.17, 15) is 9.59 Å². The van der Waals surface area contributed by atoms with Gasteiger partial charge < -0.3 is 19.4 Å². The predicted octanol–water partition coefficient (Wildman–Crippen LogP) is 3.24. The molecule has 3 saturated carbocycles. The highest BCUT2D eigenvalue weighted by Crippen LogP contribution is 2.51. The van der Waals surface area contributed by atoms with Crippen LogP contribution in [0.15, 0.2) is 36.2 Å². The van der Waals surface area contributed by atoms with E-state index >= 15 is 4.39 Å². The Morgan fingerprint density at radius 1 is 1.13 bits per heavy atom. The van der Waals surface area contributed by atoms with Gasteiger partial charge in [0.05, 0.1) is 35.9 Å². The second-order valence-corrected chi connectivity index (χ2v) is 12.4. The summed E-state index contributed by atoms with van der Waals surface area (Å²) in [5.41, 5.74) is 1.12. The highest BCUT2D eigenvalue weighted by atomic mass is 19.1. The van der Waals surface area contributed by atoms with Crippen molar-refractivity contribution in [1.29, 1.82) is 0 Å². The Morgan fingerprint density at radius 2 is 1.95 bits per heavy atom. The van der Waals surface area contributed by atoms with Crippen LogP contribution >= 0.6 is 0 Å².